The van der Waals surface area contributed by atoms with E-state index in [4.69, 9.17) is 0 Å². The van der Waals surface area contributed by atoms with Crippen LogP contribution >= 0.6 is 0 Å². The van der Waals surface area contributed by atoms with Crippen molar-refractivity contribution in [3.63, 3.8) is 0 Å². The van der Waals surface area contributed by atoms with E-state index in [1.807, 2.05) is 42.5 Å². The van der Waals surface area contributed by atoms with E-state index < -0.39 is 0 Å². The Labute approximate surface area is 135 Å². The van der Waals surface area contributed by atoms with Crippen LogP contribution < -0.4 is 15.8 Å². The summed E-state index contributed by atoms with van der Waals surface area (Å²) in [6.07, 6.45) is 2.20. The van der Waals surface area contributed by atoms with Gasteiger partial charge in [-0.3, -0.25) is 10.1 Å². The topological polar surface area (TPSA) is 70.4 Å². The van der Waals surface area contributed by atoms with Crippen molar-refractivity contribution in [1.29, 1.82) is 0 Å². The molecular weight excluding hydrogens is 292 g/mol. The first-order valence-electron chi connectivity index (χ1n) is 7.80. The van der Waals surface area contributed by atoms with Crippen LogP contribution in [0.5, 0.6) is 0 Å². The van der Waals surface area contributed by atoms with Gasteiger partial charge in [-0.2, -0.15) is 0 Å². The molecule has 0 atom stereocenters. The Hall–Kier alpha value is -2.60. The number of nitrogens with zero attached hydrogens (tertiary/aromatic N) is 2. The molecular formula is C17H20N4O2. The van der Waals surface area contributed by atoms with Gasteiger partial charge in [0.1, 0.15) is 5.69 Å². The Kier molecular flexibility index (Phi) is 4.73. The molecule has 2 aromatic carbocycles. The lowest BCUT2D eigenvalue weighted by molar-refractivity contribution is -0.384. The molecule has 1 heterocycles. The number of nitro benzene ring substituents is 1. The van der Waals surface area contributed by atoms with E-state index in [0.29, 0.717) is 6.54 Å². The zero-order valence-corrected chi connectivity index (χ0v) is 12.9. The predicted molar refractivity (Wildman–Crippen MR) is 91.4 cm³/mol. The van der Waals surface area contributed by atoms with Gasteiger partial charge in [-0.25, -0.2) is 5.43 Å². The van der Waals surface area contributed by atoms with E-state index in [2.05, 4.69) is 15.8 Å². The molecule has 1 aliphatic heterocycles. The van der Waals surface area contributed by atoms with Crippen molar-refractivity contribution in [2.24, 2.45) is 0 Å². The maximum absolute atomic E-state index is 11.4. The third kappa shape index (κ3) is 3.78. The largest absolute Gasteiger partial charge is 0.366 e. The summed E-state index contributed by atoms with van der Waals surface area (Å²) in [4.78, 5) is 13.2. The first-order chi connectivity index (χ1) is 11.2. The summed E-state index contributed by atoms with van der Waals surface area (Å²) in [6, 6.07) is 15.2. The summed E-state index contributed by atoms with van der Waals surface area (Å²) < 4.78 is 0. The second-order valence-electron chi connectivity index (χ2n) is 5.62. The van der Waals surface area contributed by atoms with E-state index in [1.165, 1.54) is 0 Å². The van der Waals surface area contributed by atoms with Crippen LogP contribution in [-0.2, 0) is 6.54 Å². The molecule has 0 unspecified atom stereocenters. The number of para-hydroxylation sites is 1. The number of hydrazine groups is 1. The van der Waals surface area contributed by atoms with Crippen molar-refractivity contribution in [1.82, 2.24) is 5.43 Å². The van der Waals surface area contributed by atoms with Gasteiger partial charge in [-0.05, 0) is 36.6 Å². The molecule has 2 N–H and O–H groups in total. The third-order valence-corrected chi connectivity index (χ3v) is 3.98. The fourth-order valence-corrected chi connectivity index (χ4v) is 2.82. The van der Waals surface area contributed by atoms with Gasteiger partial charge in [0.25, 0.3) is 5.69 Å². The van der Waals surface area contributed by atoms with E-state index in [9.17, 15) is 10.1 Å². The number of benzene rings is 2. The molecule has 0 saturated carbocycles. The quantitative estimate of drug-likeness (QED) is 0.632. The number of hydrogen-bond acceptors (Lipinski definition) is 5. The second kappa shape index (κ2) is 7.11. The lowest BCUT2D eigenvalue weighted by Crippen LogP contribution is -2.22. The van der Waals surface area contributed by atoms with Gasteiger partial charge in [0.15, 0.2) is 0 Å². The smallest absolute Gasteiger partial charge is 0.292 e. The zero-order valence-electron chi connectivity index (χ0n) is 12.9. The van der Waals surface area contributed by atoms with Crippen LogP contribution in [0.2, 0.25) is 0 Å². The highest BCUT2D eigenvalue weighted by Crippen LogP contribution is 2.31. The Morgan fingerprint density at radius 1 is 1.09 bits per heavy atom. The first-order valence-corrected chi connectivity index (χ1v) is 7.80. The maximum atomic E-state index is 11.4. The molecule has 0 radical (unpaired) electrons. The molecule has 23 heavy (non-hydrogen) atoms. The molecule has 0 spiro atoms. The molecule has 1 aliphatic rings. The molecule has 0 aromatic heterocycles. The van der Waals surface area contributed by atoms with E-state index in [0.717, 1.165) is 42.9 Å². The van der Waals surface area contributed by atoms with Crippen LogP contribution in [0.15, 0.2) is 48.5 Å². The fourth-order valence-electron chi connectivity index (χ4n) is 2.82. The summed E-state index contributed by atoms with van der Waals surface area (Å²) in [5.41, 5.74) is 8.92. The minimum absolute atomic E-state index is 0.186. The number of nitrogens with one attached hydrogen (secondary N) is 2. The summed E-state index contributed by atoms with van der Waals surface area (Å²) in [5.74, 6) is 0. The molecule has 120 valence electrons. The summed E-state index contributed by atoms with van der Waals surface area (Å²) in [7, 11) is 0. The Bertz CT molecular complexity index is 670. The standard InChI is InChI=1S/C17H20N4O2/c22-21(23)17-12-14(8-9-16(17)20-10-4-5-11-20)13-18-19-15-6-2-1-3-7-15/h1-3,6-9,12,18-19H,4-5,10-11,13H2. The van der Waals surface area contributed by atoms with Crippen molar-refractivity contribution in [2.75, 3.05) is 23.4 Å². The van der Waals surface area contributed by atoms with Gasteiger partial charge in [0, 0.05) is 31.4 Å². The number of hydrogen-bond donors (Lipinski definition) is 2. The molecule has 0 bridgehead atoms. The number of nitro groups is 1. The molecule has 0 amide bonds. The van der Waals surface area contributed by atoms with Gasteiger partial charge >= 0.3 is 0 Å². The molecule has 1 saturated heterocycles. The Balaban J connectivity index is 1.68. The van der Waals surface area contributed by atoms with Gasteiger partial charge in [0.2, 0.25) is 0 Å². The van der Waals surface area contributed by atoms with Crippen molar-refractivity contribution in [3.8, 4) is 0 Å². The third-order valence-electron chi connectivity index (χ3n) is 3.98. The van der Waals surface area contributed by atoms with Crippen LogP contribution in [0.25, 0.3) is 0 Å². The van der Waals surface area contributed by atoms with Crippen LogP contribution in [0.4, 0.5) is 17.1 Å². The highest BCUT2D eigenvalue weighted by molar-refractivity contribution is 5.64. The highest BCUT2D eigenvalue weighted by atomic mass is 16.6. The Morgan fingerprint density at radius 2 is 1.83 bits per heavy atom. The van der Waals surface area contributed by atoms with E-state index in [-0.39, 0.29) is 10.6 Å². The zero-order chi connectivity index (χ0) is 16.1. The van der Waals surface area contributed by atoms with Crippen LogP contribution in [0.1, 0.15) is 18.4 Å². The van der Waals surface area contributed by atoms with Gasteiger partial charge in [0.05, 0.1) is 4.92 Å². The van der Waals surface area contributed by atoms with Crippen molar-refractivity contribution in [3.05, 3.63) is 64.2 Å². The van der Waals surface area contributed by atoms with Gasteiger partial charge in [-0.1, -0.05) is 24.3 Å². The average molecular weight is 312 g/mol. The lowest BCUT2D eigenvalue weighted by atomic mass is 10.1. The average Bonchev–Trinajstić information content (AvgIpc) is 3.10. The summed E-state index contributed by atoms with van der Waals surface area (Å²) in [6.45, 7) is 2.30. The monoisotopic (exact) mass is 312 g/mol. The second-order valence-corrected chi connectivity index (χ2v) is 5.62. The number of anilines is 2. The summed E-state index contributed by atoms with van der Waals surface area (Å²) in [5, 5.41) is 11.4. The van der Waals surface area contributed by atoms with Crippen LogP contribution in [0.3, 0.4) is 0 Å². The first kappa shape index (κ1) is 15.3. The Morgan fingerprint density at radius 3 is 2.52 bits per heavy atom. The molecule has 1 fully saturated rings. The maximum Gasteiger partial charge on any atom is 0.292 e. The molecule has 3 rings (SSSR count). The predicted octanol–water partition coefficient (Wildman–Crippen LogP) is 3.31. The van der Waals surface area contributed by atoms with Crippen molar-refractivity contribution in [2.45, 2.75) is 19.4 Å². The fraction of sp³-hybridized carbons (Fsp3) is 0.294. The van der Waals surface area contributed by atoms with Gasteiger partial charge < -0.3 is 10.3 Å². The van der Waals surface area contributed by atoms with Gasteiger partial charge in [-0.15, -0.1) is 0 Å². The SMILES string of the molecule is O=[N+]([O-])c1cc(CNNc2ccccc2)ccc1N1CCCC1. The lowest BCUT2D eigenvalue weighted by Gasteiger charge is -2.18. The van der Waals surface area contributed by atoms with E-state index >= 15 is 0 Å². The van der Waals surface area contributed by atoms with Crippen molar-refractivity contribution < 1.29 is 4.92 Å². The van der Waals surface area contributed by atoms with Crippen LogP contribution in [0, 0.1) is 10.1 Å². The summed E-state index contributed by atoms with van der Waals surface area (Å²) >= 11 is 0. The van der Waals surface area contributed by atoms with E-state index in [1.54, 1.807) is 6.07 Å². The molecule has 0 aliphatic carbocycles. The normalized spacial score (nSPS) is 14.0. The van der Waals surface area contributed by atoms with Crippen LogP contribution in [-0.4, -0.2) is 18.0 Å². The number of rotatable bonds is 6. The molecule has 6 nitrogen and oxygen atoms in total. The molecule has 2 aromatic rings. The highest BCUT2D eigenvalue weighted by Gasteiger charge is 2.22. The molecule has 6 heteroatoms. The minimum atomic E-state index is -0.290. The minimum Gasteiger partial charge on any atom is -0.366 e. The van der Waals surface area contributed by atoms with Crippen molar-refractivity contribution >= 4 is 17.1 Å².